The molecule has 1 saturated heterocycles. The molecule has 2 atom stereocenters. The number of piperidine rings is 1. The summed E-state index contributed by atoms with van der Waals surface area (Å²) >= 11 is 0. The highest BCUT2D eigenvalue weighted by molar-refractivity contribution is 5.76. The summed E-state index contributed by atoms with van der Waals surface area (Å²) in [5.74, 6) is 1.70. The van der Waals surface area contributed by atoms with Crippen LogP contribution in [0.1, 0.15) is 53.4 Å². The Morgan fingerprint density at radius 3 is 2.72 bits per heavy atom. The fraction of sp³-hybridized carbons (Fsp3) is 0.933. The molecule has 1 aliphatic heterocycles. The van der Waals surface area contributed by atoms with Crippen LogP contribution >= 0.6 is 0 Å². The van der Waals surface area contributed by atoms with Gasteiger partial charge < -0.3 is 10.2 Å². The number of rotatable bonds is 6. The molecule has 1 heterocycles. The van der Waals surface area contributed by atoms with E-state index in [1.807, 2.05) is 0 Å². The number of hydrogen-bond donors (Lipinski definition) is 1. The lowest BCUT2D eigenvalue weighted by Crippen LogP contribution is -2.51. The maximum atomic E-state index is 12.0. The third-order valence-corrected chi connectivity index (χ3v) is 3.63. The smallest absolute Gasteiger partial charge is 0.222 e. The maximum absolute atomic E-state index is 12.0. The van der Waals surface area contributed by atoms with E-state index in [4.69, 9.17) is 0 Å². The fourth-order valence-electron chi connectivity index (χ4n) is 2.65. The molecule has 18 heavy (non-hydrogen) atoms. The molecule has 0 radical (unpaired) electrons. The van der Waals surface area contributed by atoms with Gasteiger partial charge in [-0.2, -0.15) is 0 Å². The van der Waals surface area contributed by atoms with E-state index in [-0.39, 0.29) is 0 Å². The fourth-order valence-corrected chi connectivity index (χ4v) is 2.65. The van der Waals surface area contributed by atoms with Crippen molar-refractivity contribution in [1.82, 2.24) is 10.2 Å². The van der Waals surface area contributed by atoms with Gasteiger partial charge in [-0.15, -0.1) is 0 Å². The number of nitrogens with one attached hydrogen (secondary N) is 1. The molecule has 0 bridgehead atoms. The predicted molar refractivity (Wildman–Crippen MR) is 76.5 cm³/mol. The highest BCUT2D eigenvalue weighted by Crippen LogP contribution is 2.17. The van der Waals surface area contributed by atoms with Crippen molar-refractivity contribution in [3.8, 4) is 0 Å². The van der Waals surface area contributed by atoms with E-state index in [0.29, 0.717) is 24.3 Å². The van der Waals surface area contributed by atoms with Gasteiger partial charge in [0.2, 0.25) is 5.91 Å². The van der Waals surface area contributed by atoms with Crippen molar-refractivity contribution in [2.24, 2.45) is 11.8 Å². The Kier molecular flexibility index (Phi) is 6.69. The van der Waals surface area contributed by atoms with Gasteiger partial charge in [0, 0.05) is 25.6 Å². The second kappa shape index (κ2) is 7.78. The molecule has 106 valence electrons. The summed E-state index contributed by atoms with van der Waals surface area (Å²) < 4.78 is 0. The second-order valence-electron chi connectivity index (χ2n) is 6.22. The average molecular weight is 254 g/mol. The van der Waals surface area contributed by atoms with Crippen molar-refractivity contribution in [2.45, 2.75) is 59.4 Å². The van der Waals surface area contributed by atoms with Crippen LogP contribution in [0, 0.1) is 11.8 Å². The SMILES string of the molecule is CCCC(=O)N1CC(C)CC(NCCC(C)C)C1. The highest BCUT2D eigenvalue weighted by Gasteiger charge is 2.26. The Labute approximate surface area is 112 Å². The topological polar surface area (TPSA) is 32.3 Å². The largest absolute Gasteiger partial charge is 0.341 e. The Morgan fingerprint density at radius 2 is 2.11 bits per heavy atom. The number of nitrogens with zero attached hydrogens (tertiary/aromatic N) is 1. The first-order valence-electron chi connectivity index (χ1n) is 7.54. The zero-order valence-electron chi connectivity index (χ0n) is 12.5. The Morgan fingerprint density at radius 1 is 1.39 bits per heavy atom. The van der Waals surface area contributed by atoms with Crippen molar-refractivity contribution in [1.29, 1.82) is 0 Å². The van der Waals surface area contributed by atoms with Gasteiger partial charge in [-0.25, -0.2) is 0 Å². The van der Waals surface area contributed by atoms with Crippen LogP contribution in [-0.2, 0) is 4.79 Å². The zero-order chi connectivity index (χ0) is 13.5. The van der Waals surface area contributed by atoms with Crippen LogP contribution in [0.4, 0.5) is 0 Å². The normalized spacial score (nSPS) is 24.6. The van der Waals surface area contributed by atoms with Gasteiger partial charge in [-0.3, -0.25) is 4.79 Å². The zero-order valence-corrected chi connectivity index (χ0v) is 12.5. The van der Waals surface area contributed by atoms with Gasteiger partial charge in [0.1, 0.15) is 0 Å². The second-order valence-corrected chi connectivity index (χ2v) is 6.22. The predicted octanol–water partition coefficient (Wildman–Crippen LogP) is 2.66. The molecule has 1 aliphatic rings. The molecule has 1 N–H and O–H groups in total. The van der Waals surface area contributed by atoms with E-state index < -0.39 is 0 Å². The molecule has 0 aromatic rings. The average Bonchev–Trinajstić information content (AvgIpc) is 2.28. The molecule has 1 rings (SSSR count). The van der Waals surface area contributed by atoms with Crippen molar-refractivity contribution in [3.05, 3.63) is 0 Å². The van der Waals surface area contributed by atoms with Gasteiger partial charge in [0.25, 0.3) is 0 Å². The minimum Gasteiger partial charge on any atom is -0.341 e. The van der Waals surface area contributed by atoms with E-state index >= 15 is 0 Å². The quantitative estimate of drug-likeness (QED) is 0.790. The van der Waals surface area contributed by atoms with Crippen LogP contribution in [0.25, 0.3) is 0 Å². The van der Waals surface area contributed by atoms with Crippen LogP contribution in [0.2, 0.25) is 0 Å². The summed E-state index contributed by atoms with van der Waals surface area (Å²) in [5.41, 5.74) is 0. The van der Waals surface area contributed by atoms with Crippen molar-refractivity contribution in [3.63, 3.8) is 0 Å². The van der Waals surface area contributed by atoms with Gasteiger partial charge >= 0.3 is 0 Å². The van der Waals surface area contributed by atoms with Crippen LogP contribution in [0.3, 0.4) is 0 Å². The van der Waals surface area contributed by atoms with E-state index in [9.17, 15) is 4.79 Å². The molecule has 0 aromatic carbocycles. The Balaban J connectivity index is 2.38. The first-order chi connectivity index (χ1) is 8.52. The van der Waals surface area contributed by atoms with Crippen LogP contribution in [0.15, 0.2) is 0 Å². The minimum atomic E-state index is 0.333. The lowest BCUT2D eigenvalue weighted by Gasteiger charge is -2.37. The molecule has 3 nitrogen and oxygen atoms in total. The monoisotopic (exact) mass is 254 g/mol. The molecule has 2 unspecified atom stereocenters. The van der Waals surface area contributed by atoms with E-state index in [2.05, 4.69) is 37.9 Å². The summed E-state index contributed by atoms with van der Waals surface area (Å²) in [6.45, 7) is 11.8. The van der Waals surface area contributed by atoms with Crippen molar-refractivity contribution < 1.29 is 4.79 Å². The van der Waals surface area contributed by atoms with E-state index in [1.54, 1.807) is 0 Å². The number of carbonyl (C=O) groups is 1. The van der Waals surface area contributed by atoms with Gasteiger partial charge in [-0.1, -0.05) is 27.7 Å². The van der Waals surface area contributed by atoms with Crippen LogP contribution < -0.4 is 5.32 Å². The molecule has 1 amide bonds. The first kappa shape index (κ1) is 15.5. The summed E-state index contributed by atoms with van der Waals surface area (Å²) in [6, 6.07) is 0.494. The third kappa shape index (κ3) is 5.38. The van der Waals surface area contributed by atoms with Crippen LogP contribution in [0.5, 0.6) is 0 Å². The molecule has 0 aliphatic carbocycles. The van der Waals surface area contributed by atoms with Crippen molar-refractivity contribution >= 4 is 5.91 Å². The summed E-state index contributed by atoms with van der Waals surface area (Å²) in [6.07, 6.45) is 4.07. The lowest BCUT2D eigenvalue weighted by molar-refractivity contribution is -0.133. The number of carbonyl (C=O) groups excluding carboxylic acids is 1. The van der Waals surface area contributed by atoms with Gasteiger partial charge in [-0.05, 0) is 37.6 Å². The van der Waals surface area contributed by atoms with Crippen molar-refractivity contribution in [2.75, 3.05) is 19.6 Å². The number of likely N-dealkylation sites (tertiary alicyclic amines) is 1. The first-order valence-corrected chi connectivity index (χ1v) is 7.54. The lowest BCUT2D eigenvalue weighted by atomic mass is 9.95. The Hall–Kier alpha value is -0.570. The maximum Gasteiger partial charge on any atom is 0.222 e. The van der Waals surface area contributed by atoms with E-state index in [0.717, 1.165) is 32.0 Å². The molecule has 0 aromatic heterocycles. The van der Waals surface area contributed by atoms with Gasteiger partial charge in [0.15, 0.2) is 0 Å². The molecule has 0 saturated carbocycles. The van der Waals surface area contributed by atoms with E-state index in [1.165, 1.54) is 12.8 Å². The molecule has 3 heteroatoms. The molecule has 0 spiro atoms. The standard InChI is InChI=1S/C15H30N2O/c1-5-6-15(18)17-10-13(4)9-14(11-17)16-8-7-12(2)3/h12-14,16H,5-11H2,1-4H3. The highest BCUT2D eigenvalue weighted by atomic mass is 16.2. The summed E-state index contributed by atoms with van der Waals surface area (Å²) in [4.78, 5) is 14.0. The molecule has 1 fully saturated rings. The molecular formula is C15H30N2O. The molecular weight excluding hydrogens is 224 g/mol. The van der Waals surface area contributed by atoms with Gasteiger partial charge in [0.05, 0.1) is 0 Å². The third-order valence-electron chi connectivity index (χ3n) is 3.63. The summed E-state index contributed by atoms with van der Waals surface area (Å²) in [5, 5.41) is 3.62. The van der Waals surface area contributed by atoms with Crippen LogP contribution in [-0.4, -0.2) is 36.5 Å². The number of hydrogen-bond acceptors (Lipinski definition) is 2. The Bertz CT molecular complexity index is 253. The summed E-state index contributed by atoms with van der Waals surface area (Å²) in [7, 11) is 0. The minimum absolute atomic E-state index is 0.333. The number of amides is 1.